The summed E-state index contributed by atoms with van der Waals surface area (Å²) in [6.07, 6.45) is 2.95. The van der Waals surface area contributed by atoms with Crippen molar-refractivity contribution < 1.29 is 14.3 Å². The molecule has 2 atom stereocenters. The van der Waals surface area contributed by atoms with E-state index in [1.54, 1.807) is 0 Å². The summed E-state index contributed by atoms with van der Waals surface area (Å²) in [5.74, 6) is 3.00. The molecule has 0 spiro atoms. The Labute approximate surface area is 156 Å². The third-order valence-corrected chi connectivity index (χ3v) is 5.87. The molecule has 0 saturated carbocycles. The average Bonchev–Trinajstić information content (AvgIpc) is 3.06. The Morgan fingerprint density at radius 3 is 2.72 bits per heavy atom. The number of alkyl carbamates (subject to hydrolysis) is 1. The predicted octanol–water partition coefficient (Wildman–Crippen LogP) is 2.19. The lowest BCUT2D eigenvalue weighted by Crippen LogP contribution is -2.48. The van der Waals surface area contributed by atoms with Crippen molar-refractivity contribution in [1.29, 1.82) is 0 Å². The Balaban J connectivity index is 1.73. The highest BCUT2D eigenvalue weighted by Crippen LogP contribution is 2.24. The first-order valence-corrected chi connectivity index (χ1v) is 10.4. The minimum Gasteiger partial charge on any atom is -0.444 e. The summed E-state index contributed by atoms with van der Waals surface area (Å²) in [7, 11) is 2.21. The van der Waals surface area contributed by atoms with Crippen molar-refractivity contribution in [1.82, 2.24) is 15.1 Å². The van der Waals surface area contributed by atoms with Crippen LogP contribution in [0.4, 0.5) is 4.79 Å². The first kappa shape index (κ1) is 20.4. The maximum absolute atomic E-state index is 12.4. The van der Waals surface area contributed by atoms with Crippen molar-refractivity contribution in [3.8, 4) is 0 Å². The fourth-order valence-electron chi connectivity index (χ4n) is 3.44. The van der Waals surface area contributed by atoms with Gasteiger partial charge in [0.1, 0.15) is 12.1 Å². The van der Waals surface area contributed by atoms with E-state index in [9.17, 15) is 9.59 Å². The maximum Gasteiger partial charge on any atom is 0.408 e. The molecule has 0 aromatic rings. The molecule has 0 aromatic heterocycles. The minimum atomic E-state index is -0.549. The molecule has 2 saturated heterocycles. The van der Waals surface area contributed by atoms with Crippen LogP contribution >= 0.6 is 11.8 Å². The summed E-state index contributed by atoms with van der Waals surface area (Å²) in [5, 5.41) is 2.57. The summed E-state index contributed by atoms with van der Waals surface area (Å²) in [6.45, 7) is 8.06. The van der Waals surface area contributed by atoms with Gasteiger partial charge in [0.15, 0.2) is 0 Å². The second kappa shape index (κ2) is 9.12. The molecule has 7 heteroatoms. The van der Waals surface area contributed by atoms with Gasteiger partial charge in [0.25, 0.3) is 0 Å². The van der Waals surface area contributed by atoms with E-state index in [1.165, 1.54) is 24.3 Å². The number of rotatable bonds is 5. The molecule has 2 heterocycles. The van der Waals surface area contributed by atoms with E-state index < -0.39 is 11.7 Å². The van der Waals surface area contributed by atoms with Crippen molar-refractivity contribution in [2.24, 2.45) is 5.92 Å². The number of piperidine rings is 1. The van der Waals surface area contributed by atoms with Gasteiger partial charge in [-0.1, -0.05) is 0 Å². The van der Waals surface area contributed by atoms with Crippen LogP contribution in [0.25, 0.3) is 0 Å². The summed E-state index contributed by atoms with van der Waals surface area (Å²) in [6, 6.07) is 0.685. The van der Waals surface area contributed by atoms with Crippen LogP contribution in [0.3, 0.4) is 0 Å². The number of ether oxygens (including phenoxy) is 1. The molecule has 6 nitrogen and oxygen atoms in total. The number of likely N-dealkylation sites (tertiary alicyclic amines) is 1. The van der Waals surface area contributed by atoms with E-state index in [2.05, 4.69) is 17.3 Å². The number of hydrogen-bond acceptors (Lipinski definition) is 5. The fraction of sp³-hybridized carbons (Fsp3) is 0.889. The zero-order valence-corrected chi connectivity index (χ0v) is 16.9. The van der Waals surface area contributed by atoms with Gasteiger partial charge in [-0.25, -0.2) is 4.79 Å². The van der Waals surface area contributed by atoms with E-state index in [0.717, 1.165) is 26.1 Å². The third kappa shape index (κ3) is 7.05. The van der Waals surface area contributed by atoms with Gasteiger partial charge in [-0.3, -0.25) is 4.79 Å². The number of thioether (sulfide) groups is 1. The first-order chi connectivity index (χ1) is 11.7. The molecule has 2 fully saturated rings. The molecule has 2 aliphatic rings. The zero-order valence-electron chi connectivity index (χ0n) is 16.0. The maximum atomic E-state index is 12.4. The highest BCUT2D eigenvalue weighted by molar-refractivity contribution is 7.99. The Morgan fingerprint density at radius 1 is 1.32 bits per heavy atom. The lowest BCUT2D eigenvalue weighted by Gasteiger charge is -2.36. The highest BCUT2D eigenvalue weighted by atomic mass is 32.2. The highest BCUT2D eigenvalue weighted by Gasteiger charge is 2.28. The molecular weight excluding hydrogens is 338 g/mol. The van der Waals surface area contributed by atoms with E-state index in [-0.39, 0.29) is 12.5 Å². The van der Waals surface area contributed by atoms with Crippen LogP contribution in [-0.2, 0) is 9.53 Å². The molecule has 0 bridgehead atoms. The molecule has 0 radical (unpaired) electrons. The van der Waals surface area contributed by atoms with Gasteiger partial charge in [0.2, 0.25) is 5.91 Å². The average molecular weight is 372 g/mol. The molecular formula is C18H33N3O3S. The van der Waals surface area contributed by atoms with Crippen LogP contribution in [0, 0.1) is 5.92 Å². The number of hydrogen-bond donors (Lipinski definition) is 1. The van der Waals surface area contributed by atoms with E-state index in [0.29, 0.717) is 12.0 Å². The summed E-state index contributed by atoms with van der Waals surface area (Å²) in [5.41, 5.74) is -0.549. The molecule has 0 aliphatic carbocycles. The predicted molar refractivity (Wildman–Crippen MR) is 102 cm³/mol. The van der Waals surface area contributed by atoms with E-state index in [1.807, 2.05) is 37.4 Å². The lowest BCUT2D eigenvalue weighted by molar-refractivity contribution is -0.132. The standard InChI is InChI=1S/C18H33N3O3S/c1-18(2,3)24-17(23)19-10-16(22)21-8-5-6-14(12-21)11-20(4)15-7-9-25-13-15/h14-15H,5-13H2,1-4H3,(H,19,23)/t14-,15-/m1/s1. The monoisotopic (exact) mass is 371 g/mol. The number of carbonyl (C=O) groups excluding carboxylic acids is 2. The molecule has 2 rings (SSSR count). The number of nitrogens with zero attached hydrogens (tertiary/aromatic N) is 2. The van der Waals surface area contributed by atoms with Crippen molar-refractivity contribution in [2.45, 2.75) is 51.7 Å². The van der Waals surface area contributed by atoms with Crippen LogP contribution in [-0.4, -0.2) is 78.2 Å². The van der Waals surface area contributed by atoms with Gasteiger partial charge in [-0.15, -0.1) is 0 Å². The van der Waals surface area contributed by atoms with Crippen LogP contribution in [0.15, 0.2) is 0 Å². The molecule has 144 valence electrons. The van der Waals surface area contributed by atoms with Crippen molar-refractivity contribution in [3.05, 3.63) is 0 Å². The lowest BCUT2D eigenvalue weighted by atomic mass is 9.97. The Morgan fingerprint density at radius 2 is 2.08 bits per heavy atom. The third-order valence-electron chi connectivity index (χ3n) is 4.73. The topological polar surface area (TPSA) is 61.9 Å². The summed E-state index contributed by atoms with van der Waals surface area (Å²) >= 11 is 2.03. The Hall–Kier alpha value is -0.950. The smallest absolute Gasteiger partial charge is 0.408 e. The van der Waals surface area contributed by atoms with Crippen LogP contribution < -0.4 is 5.32 Å². The van der Waals surface area contributed by atoms with E-state index >= 15 is 0 Å². The minimum absolute atomic E-state index is 0.0107. The largest absolute Gasteiger partial charge is 0.444 e. The molecule has 2 amide bonds. The van der Waals surface area contributed by atoms with Gasteiger partial charge in [0, 0.05) is 31.4 Å². The Kier molecular flexibility index (Phi) is 7.43. The number of carbonyl (C=O) groups is 2. The van der Waals surface area contributed by atoms with E-state index in [4.69, 9.17) is 4.74 Å². The quantitative estimate of drug-likeness (QED) is 0.803. The van der Waals surface area contributed by atoms with Crippen LogP contribution in [0.5, 0.6) is 0 Å². The number of nitrogens with one attached hydrogen (secondary N) is 1. The van der Waals surface area contributed by atoms with Gasteiger partial charge in [-0.2, -0.15) is 11.8 Å². The molecule has 25 heavy (non-hydrogen) atoms. The molecule has 1 N–H and O–H groups in total. The van der Waals surface area contributed by atoms with Gasteiger partial charge in [-0.05, 0) is 58.8 Å². The van der Waals surface area contributed by atoms with Crippen molar-refractivity contribution >= 4 is 23.8 Å². The Bertz CT molecular complexity index is 461. The van der Waals surface area contributed by atoms with Crippen LogP contribution in [0.2, 0.25) is 0 Å². The SMILES string of the molecule is CN(C[C@H]1CCCN(C(=O)CNC(=O)OC(C)(C)C)C1)[C@@H]1CCSC1. The molecule has 2 aliphatic heterocycles. The van der Waals surface area contributed by atoms with Gasteiger partial charge in [0.05, 0.1) is 0 Å². The van der Waals surface area contributed by atoms with Crippen molar-refractivity contribution in [2.75, 3.05) is 44.7 Å². The molecule has 0 aromatic carbocycles. The zero-order chi connectivity index (χ0) is 18.4. The van der Waals surface area contributed by atoms with Gasteiger partial charge >= 0.3 is 6.09 Å². The number of amides is 2. The first-order valence-electron chi connectivity index (χ1n) is 9.27. The summed E-state index contributed by atoms with van der Waals surface area (Å²) < 4.78 is 5.18. The van der Waals surface area contributed by atoms with Crippen LogP contribution in [0.1, 0.15) is 40.0 Å². The summed E-state index contributed by atoms with van der Waals surface area (Å²) in [4.78, 5) is 28.4. The second-order valence-electron chi connectivity index (χ2n) is 8.16. The van der Waals surface area contributed by atoms with Gasteiger partial charge < -0.3 is 19.9 Å². The van der Waals surface area contributed by atoms with Crippen molar-refractivity contribution in [3.63, 3.8) is 0 Å². The second-order valence-corrected chi connectivity index (χ2v) is 9.31. The fourth-order valence-corrected chi connectivity index (χ4v) is 4.74. The normalized spacial score (nSPS) is 24.4. The molecule has 0 unspecified atom stereocenters.